The van der Waals surface area contributed by atoms with Crippen LogP contribution in [-0.2, 0) is 17.9 Å². The van der Waals surface area contributed by atoms with E-state index in [1.54, 1.807) is 18.2 Å². The molecule has 0 spiro atoms. The predicted octanol–water partition coefficient (Wildman–Crippen LogP) is 1.71. The van der Waals surface area contributed by atoms with Gasteiger partial charge in [-0.1, -0.05) is 16.8 Å². The summed E-state index contributed by atoms with van der Waals surface area (Å²) in [5.41, 5.74) is 0.883. The molecule has 0 aliphatic carbocycles. The smallest absolute Gasteiger partial charge is 0.325 e. The Bertz CT molecular complexity index is 689. The molecule has 2 N–H and O–H groups in total. The zero-order chi connectivity index (χ0) is 15.4. The summed E-state index contributed by atoms with van der Waals surface area (Å²) in [5, 5.41) is 19.1. The standard InChI is InChI=1S/C12H10BrClN4O3/c13-9-2-1-7(3-10(9)14)12(21)15-4-8-5-18(17-16-8)6-11(19)20/h1-3,5H,4,6H2,(H,15,21)(H,19,20). The molecule has 7 nitrogen and oxygen atoms in total. The fraction of sp³-hybridized carbons (Fsp3) is 0.167. The van der Waals surface area contributed by atoms with Crippen molar-refractivity contribution in [2.24, 2.45) is 0 Å². The largest absolute Gasteiger partial charge is 0.480 e. The predicted molar refractivity (Wildman–Crippen MR) is 78.0 cm³/mol. The van der Waals surface area contributed by atoms with Crippen molar-refractivity contribution in [3.63, 3.8) is 0 Å². The Balaban J connectivity index is 1.95. The Hall–Kier alpha value is -1.93. The van der Waals surface area contributed by atoms with Crippen LogP contribution in [0.15, 0.2) is 28.9 Å². The lowest BCUT2D eigenvalue weighted by molar-refractivity contribution is -0.137. The van der Waals surface area contributed by atoms with Crippen molar-refractivity contribution in [2.45, 2.75) is 13.1 Å². The van der Waals surface area contributed by atoms with Gasteiger partial charge in [-0.15, -0.1) is 5.10 Å². The van der Waals surface area contributed by atoms with Crippen LogP contribution in [0.5, 0.6) is 0 Å². The molecule has 2 rings (SSSR count). The summed E-state index contributed by atoms with van der Waals surface area (Å²) in [6.07, 6.45) is 1.46. The van der Waals surface area contributed by atoms with Gasteiger partial charge in [0.05, 0.1) is 17.8 Å². The average molecular weight is 374 g/mol. The van der Waals surface area contributed by atoms with Crippen LogP contribution in [-0.4, -0.2) is 32.0 Å². The van der Waals surface area contributed by atoms with Crippen molar-refractivity contribution < 1.29 is 14.7 Å². The van der Waals surface area contributed by atoms with Crippen molar-refractivity contribution in [3.8, 4) is 0 Å². The molecule has 1 amide bonds. The Morgan fingerprint density at radius 1 is 1.43 bits per heavy atom. The molecule has 0 unspecified atom stereocenters. The van der Waals surface area contributed by atoms with Crippen LogP contribution in [0.4, 0.5) is 0 Å². The average Bonchev–Trinajstić information content (AvgIpc) is 2.86. The number of nitrogens with zero attached hydrogens (tertiary/aromatic N) is 3. The molecular formula is C12H10BrClN4O3. The molecule has 0 bridgehead atoms. The van der Waals surface area contributed by atoms with Crippen molar-refractivity contribution in [1.29, 1.82) is 0 Å². The zero-order valence-electron chi connectivity index (χ0n) is 10.6. The van der Waals surface area contributed by atoms with Gasteiger partial charge in [0, 0.05) is 10.0 Å². The number of carbonyl (C=O) groups excluding carboxylic acids is 1. The minimum absolute atomic E-state index is 0.145. The molecule has 0 radical (unpaired) electrons. The number of hydrogen-bond donors (Lipinski definition) is 2. The summed E-state index contributed by atoms with van der Waals surface area (Å²) in [7, 11) is 0. The summed E-state index contributed by atoms with van der Waals surface area (Å²) in [6, 6.07) is 4.86. The molecule has 1 aromatic heterocycles. The third-order valence-electron chi connectivity index (χ3n) is 2.50. The number of halogens is 2. The number of carboxylic acid groups (broad SMARTS) is 1. The van der Waals surface area contributed by atoms with Gasteiger partial charge in [-0.25, -0.2) is 4.68 Å². The maximum Gasteiger partial charge on any atom is 0.325 e. The number of hydrogen-bond acceptors (Lipinski definition) is 4. The van der Waals surface area contributed by atoms with Crippen LogP contribution in [0.2, 0.25) is 5.02 Å². The molecule has 0 aliphatic heterocycles. The lowest BCUT2D eigenvalue weighted by Crippen LogP contribution is -2.23. The van der Waals surface area contributed by atoms with E-state index in [1.165, 1.54) is 10.9 Å². The molecule has 1 aromatic carbocycles. The highest BCUT2D eigenvalue weighted by atomic mass is 79.9. The molecule has 0 aliphatic rings. The van der Waals surface area contributed by atoms with E-state index in [1.807, 2.05) is 0 Å². The second-order valence-corrected chi connectivity index (χ2v) is 5.37. The Morgan fingerprint density at radius 2 is 2.19 bits per heavy atom. The molecular weight excluding hydrogens is 364 g/mol. The van der Waals surface area contributed by atoms with Crippen LogP contribution in [0.3, 0.4) is 0 Å². The highest BCUT2D eigenvalue weighted by molar-refractivity contribution is 9.10. The third kappa shape index (κ3) is 4.27. The van der Waals surface area contributed by atoms with Crippen molar-refractivity contribution in [2.75, 3.05) is 0 Å². The molecule has 21 heavy (non-hydrogen) atoms. The molecule has 1 heterocycles. The van der Waals surface area contributed by atoms with Gasteiger partial charge in [-0.2, -0.15) is 0 Å². The van der Waals surface area contributed by atoms with Gasteiger partial charge in [0.1, 0.15) is 12.2 Å². The first-order valence-corrected chi connectivity index (χ1v) is 6.97. The molecule has 0 atom stereocenters. The van der Waals surface area contributed by atoms with Crippen LogP contribution in [0.1, 0.15) is 16.1 Å². The maximum absolute atomic E-state index is 11.9. The molecule has 2 aromatic rings. The monoisotopic (exact) mass is 372 g/mol. The number of amides is 1. The first-order valence-electron chi connectivity index (χ1n) is 5.80. The highest BCUT2D eigenvalue weighted by Gasteiger charge is 2.09. The topological polar surface area (TPSA) is 97.1 Å². The molecule has 0 fully saturated rings. The van der Waals surface area contributed by atoms with Crippen molar-refractivity contribution in [3.05, 3.63) is 45.1 Å². The summed E-state index contributed by atoms with van der Waals surface area (Å²) in [6.45, 7) is -0.130. The van der Waals surface area contributed by atoms with E-state index in [4.69, 9.17) is 16.7 Å². The number of rotatable bonds is 5. The summed E-state index contributed by atoms with van der Waals surface area (Å²) < 4.78 is 1.89. The fourth-order valence-electron chi connectivity index (χ4n) is 1.55. The Kier molecular flexibility index (Phi) is 4.92. The molecule has 110 valence electrons. The number of carboxylic acids is 1. The SMILES string of the molecule is O=C(O)Cn1cc(CNC(=O)c2ccc(Br)c(Cl)c2)nn1. The number of benzene rings is 1. The van der Waals surface area contributed by atoms with Crippen LogP contribution < -0.4 is 5.32 Å². The van der Waals surface area contributed by atoms with E-state index in [0.29, 0.717) is 20.8 Å². The zero-order valence-corrected chi connectivity index (χ0v) is 12.9. The second kappa shape index (κ2) is 6.68. The highest BCUT2D eigenvalue weighted by Crippen LogP contribution is 2.23. The molecule has 0 saturated carbocycles. The van der Waals surface area contributed by atoms with E-state index in [-0.39, 0.29) is 19.0 Å². The normalized spacial score (nSPS) is 10.4. The summed E-state index contributed by atoms with van der Waals surface area (Å²) in [5.74, 6) is -1.32. The van der Waals surface area contributed by atoms with Gasteiger partial charge in [0.25, 0.3) is 5.91 Å². The molecule has 9 heteroatoms. The van der Waals surface area contributed by atoms with Gasteiger partial charge < -0.3 is 10.4 Å². The lowest BCUT2D eigenvalue weighted by Gasteiger charge is -2.04. The minimum atomic E-state index is -1.01. The summed E-state index contributed by atoms with van der Waals surface area (Å²) in [4.78, 5) is 22.4. The van der Waals surface area contributed by atoms with Crippen molar-refractivity contribution >= 4 is 39.4 Å². The van der Waals surface area contributed by atoms with E-state index in [9.17, 15) is 9.59 Å². The maximum atomic E-state index is 11.9. The van der Waals surface area contributed by atoms with Gasteiger partial charge in [-0.3, -0.25) is 9.59 Å². The third-order valence-corrected chi connectivity index (χ3v) is 3.73. The van der Waals surface area contributed by atoms with E-state index in [0.717, 1.165) is 0 Å². The van der Waals surface area contributed by atoms with Crippen LogP contribution >= 0.6 is 27.5 Å². The number of aromatic nitrogens is 3. The van der Waals surface area contributed by atoms with E-state index in [2.05, 4.69) is 31.6 Å². The number of carbonyl (C=O) groups is 2. The van der Waals surface area contributed by atoms with Gasteiger partial charge in [0.2, 0.25) is 0 Å². The molecule has 0 saturated heterocycles. The van der Waals surface area contributed by atoms with Gasteiger partial charge >= 0.3 is 5.97 Å². The quantitative estimate of drug-likeness (QED) is 0.831. The summed E-state index contributed by atoms with van der Waals surface area (Å²) >= 11 is 9.16. The number of aliphatic carboxylic acids is 1. The second-order valence-electron chi connectivity index (χ2n) is 4.11. The Labute approximate surface area is 133 Å². The Morgan fingerprint density at radius 3 is 2.86 bits per heavy atom. The van der Waals surface area contributed by atoms with E-state index < -0.39 is 5.97 Å². The first kappa shape index (κ1) is 15.5. The minimum Gasteiger partial charge on any atom is -0.480 e. The van der Waals surface area contributed by atoms with Crippen LogP contribution in [0.25, 0.3) is 0 Å². The van der Waals surface area contributed by atoms with Gasteiger partial charge in [-0.05, 0) is 34.1 Å². The van der Waals surface area contributed by atoms with E-state index >= 15 is 0 Å². The van der Waals surface area contributed by atoms with Gasteiger partial charge in [0.15, 0.2) is 0 Å². The number of nitrogens with one attached hydrogen (secondary N) is 1. The fourth-order valence-corrected chi connectivity index (χ4v) is 1.97. The first-order chi connectivity index (χ1) is 9.95. The lowest BCUT2D eigenvalue weighted by atomic mass is 10.2. The van der Waals surface area contributed by atoms with Crippen molar-refractivity contribution in [1.82, 2.24) is 20.3 Å². The van der Waals surface area contributed by atoms with Crippen LogP contribution in [0, 0.1) is 0 Å².